The van der Waals surface area contributed by atoms with Crippen molar-refractivity contribution in [3.63, 3.8) is 0 Å². The molecule has 1 aliphatic heterocycles. The average Bonchev–Trinajstić information content (AvgIpc) is 3.12. The number of amides is 1. The molecule has 0 spiro atoms. The molecule has 1 fully saturated rings. The Hall–Kier alpha value is -3.31. The summed E-state index contributed by atoms with van der Waals surface area (Å²) in [5.41, 5.74) is 0.271. The maximum Gasteiger partial charge on any atom is 0.453 e. The third-order valence-corrected chi connectivity index (χ3v) is 4.40. The number of aromatic nitrogens is 6. The number of hydrogen-bond acceptors (Lipinski definition) is 7. The van der Waals surface area contributed by atoms with Gasteiger partial charge in [-0.05, 0) is 31.0 Å². The smallest absolute Gasteiger partial charge is 0.353 e. The molecule has 1 amide bonds. The Labute approximate surface area is 156 Å². The first-order valence-corrected chi connectivity index (χ1v) is 8.53. The van der Waals surface area contributed by atoms with E-state index in [1.54, 1.807) is 6.07 Å². The fourth-order valence-electron chi connectivity index (χ4n) is 3.11. The molecule has 0 radical (unpaired) electrons. The van der Waals surface area contributed by atoms with Crippen LogP contribution in [0.4, 0.5) is 19.0 Å². The highest BCUT2D eigenvalue weighted by Crippen LogP contribution is 2.28. The molecular formula is C16H15F3N8O. The predicted octanol–water partition coefficient (Wildman–Crippen LogP) is 1.33. The molecular weight excluding hydrogens is 377 g/mol. The number of halogens is 3. The molecule has 0 bridgehead atoms. The normalized spacial score (nSPS) is 17.7. The number of nitrogens with zero attached hydrogens (tertiary/aromatic N) is 7. The van der Waals surface area contributed by atoms with E-state index in [4.69, 9.17) is 0 Å². The highest BCUT2D eigenvalue weighted by molar-refractivity contribution is 5.92. The summed E-state index contributed by atoms with van der Waals surface area (Å²) < 4.78 is 39.9. The average molecular weight is 392 g/mol. The highest BCUT2D eigenvalue weighted by Gasteiger charge is 2.38. The van der Waals surface area contributed by atoms with Crippen molar-refractivity contribution in [1.29, 1.82) is 0 Å². The van der Waals surface area contributed by atoms with Gasteiger partial charge in [0.05, 0.1) is 0 Å². The Morgan fingerprint density at radius 3 is 2.82 bits per heavy atom. The zero-order chi connectivity index (χ0) is 19.7. The van der Waals surface area contributed by atoms with E-state index >= 15 is 0 Å². The molecule has 4 rings (SSSR count). The van der Waals surface area contributed by atoms with Crippen LogP contribution in [0.5, 0.6) is 0 Å². The summed E-state index contributed by atoms with van der Waals surface area (Å²) in [4.78, 5) is 21.8. The number of nitrogens with one attached hydrogen (secondary N) is 1. The molecule has 9 nitrogen and oxygen atoms in total. The van der Waals surface area contributed by atoms with E-state index in [0.717, 1.165) is 12.8 Å². The topological polar surface area (TPSA) is 101 Å². The van der Waals surface area contributed by atoms with Gasteiger partial charge in [-0.25, -0.2) is 9.97 Å². The van der Waals surface area contributed by atoms with Crippen molar-refractivity contribution < 1.29 is 18.0 Å². The van der Waals surface area contributed by atoms with Gasteiger partial charge in [0.2, 0.25) is 0 Å². The van der Waals surface area contributed by atoms with Gasteiger partial charge in [0.1, 0.15) is 17.8 Å². The summed E-state index contributed by atoms with van der Waals surface area (Å²) in [7, 11) is 0. The zero-order valence-corrected chi connectivity index (χ0v) is 14.5. The number of carbonyl (C=O) groups is 1. The number of carbonyl (C=O) groups excluding carboxylic acids is 1. The molecule has 1 unspecified atom stereocenters. The monoisotopic (exact) mass is 392 g/mol. The molecule has 1 aliphatic rings. The van der Waals surface area contributed by atoms with Crippen LogP contribution in [0.25, 0.3) is 5.65 Å². The van der Waals surface area contributed by atoms with Gasteiger partial charge in [0, 0.05) is 25.3 Å². The summed E-state index contributed by atoms with van der Waals surface area (Å²) in [6.45, 7) is 1.03. The molecule has 1 atom stereocenters. The summed E-state index contributed by atoms with van der Waals surface area (Å²) in [5.74, 6) is -1.13. The van der Waals surface area contributed by atoms with Gasteiger partial charge in [0.25, 0.3) is 11.7 Å². The lowest BCUT2D eigenvalue weighted by Gasteiger charge is -2.33. The number of piperidine rings is 1. The number of alkyl halides is 3. The SMILES string of the molecule is O=C(NC1CCCN(c2ccc3nnc(C(F)(F)F)n3n2)C1)c1ccncn1. The molecule has 146 valence electrons. The Morgan fingerprint density at radius 1 is 1.21 bits per heavy atom. The fourth-order valence-corrected chi connectivity index (χ4v) is 3.11. The molecule has 4 heterocycles. The number of fused-ring (bicyclic) bond motifs is 1. The second kappa shape index (κ2) is 7.02. The molecule has 0 aliphatic carbocycles. The van der Waals surface area contributed by atoms with Crippen molar-refractivity contribution >= 4 is 17.4 Å². The van der Waals surface area contributed by atoms with Crippen molar-refractivity contribution in [2.24, 2.45) is 0 Å². The van der Waals surface area contributed by atoms with Crippen molar-refractivity contribution in [3.05, 3.63) is 42.2 Å². The van der Waals surface area contributed by atoms with Crippen LogP contribution in [0, 0.1) is 0 Å². The Bertz CT molecular complexity index is 990. The third kappa shape index (κ3) is 3.57. The van der Waals surface area contributed by atoms with E-state index in [1.807, 2.05) is 4.90 Å². The van der Waals surface area contributed by atoms with Crippen molar-refractivity contribution in [2.45, 2.75) is 25.1 Å². The summed E-state index contributed by atoms with van der Waals surface area (Å²) in [6, 6.07) is 4.36. The van der Waals surface area contributed by atoms with E-state index in [-0.39, 0.29) is 23.3 Å². The third-order valence-electron chi connectivity index (χ3n) is 4.40. The molecule has 0 saturated carbocycles. The highest BCUT2D eigenvalue weighted by atomic mass is 19.4. The zero-order valence-electron chi connectivity index (χ0n) is 14.5. The standard InChI is InChI=1S/C16H15F3N8O/c17-16(18,19)15-24-23-12-3-4-13(25-27(12)15)26-7-1-2-10(8-26)22-14(28)11-5-6-20-9-21-11/h3-6,9-10H,1-2,7-8H2,(H,22,28). The quantitative estimate of drug-likeness (QED) is 0.718. The lowest BCUT2D eigenvalue weighted by Crippen LogP contribution is -2.48. The Kier molecular flexibility index (Phi) is 4.53. The first kappa shape index (κ1) is 18.1. The largest absolute Gasteiger partial charge is 0.453 e. The van der Waals surface area contributed by atoms with Crippen LogP contribution in [0.15, 0.2) is 30.7 Å². The van der Waals surface area contributed by atoms with Crippen LogP contribution in [0.2, 0.25) is 0 Å². The fraction of sp³-hybridized carbons (Fsp3) is 0.375. The van der Waals surface area contributed by atoms with Gasteiger partial charge in [-0.1, -0.05) is 0 Å². The van der Waals surface area contributed by atoms with E-state index in [1.165, 1.54) is 24.7 Å². The van der Waals surface area contributed by atoms with Crippen LogP contribution >= 0.6 is 0 Å². The van der Waals surface area contributed by atoms with Gasteiger partial charge < -0.3 is 10.2 Å². The van der Waals surface area contributed by atoms with Crippen LogP contribution in [-0.2, 0) is 6.18 Å². The lowest BCUT2D eigenvalue weighted by molar-refractivity contribution is -0.146. The molecule has 0 aromatic carbocycles. The second-order valence-electron chi connectivity index (χ2n) is 6.34. The van der Waals surface area contributed by atoms with Gasteiger partial charge in [-0.2, -0.15) is 17.7 Å². The summed E-state index contributed by atoms with van der Waals surface area (Å²) in [5, 5.41) is 13.6. The van der Waals surface area contributed by atoms with Gasteiger partial charge in [-0.3, -0.25) is 4.79 Å². The number of anilines is 1. The molecule has 12 heteroatoms. The number of rotatable bonds is 3. The minimum atomic E-state index is -4.65. The van der Waals surface area contributed by atoms with Crippen molar-refractivity contribution in [2.75, 3.05) is 18.0 Å². The van der Waals surface area contributed by atoms with Crippen molar-refractivity contribution in [1.82, 2.24) is 35.1 Å². The van der Waals surface area contributed by atoms with E-state index in [2.05, 4.69) is 30.6 Å². The molecule has 3 aromatic heterocycles. The molecule has 28 heavy (non-hydrogen) atoms. The number of hydrogen-bond donors (Lipinski definition) is 1. The van der Waals surface area contributed by atoms with E-state index in [9.17, 15) is 18.0 Å². The van der Waals surface area contributed by atoms with Crippen LogP contribution in [0.3, 0.4) is 0 Å². The Balaban J connectivity index is 1.52. The van der Waals surface area contributed by atoms with Gasteiger partial charge in [0.15, 0.2) is 5.65 Å². The maximum atomic E-state index is 13.1. The predicted molar refractivity (Wildman–Crippen MR) is 90.5 cm³/mol. The lowest BCUT2D eigenvalue weighted by atomic mass is 10.1. The maximum absolute atomic E-state index is 13.1. The van der Waals surface area contributed by atoms with Gasteiger partial charge >= 0.3 is 6.18 Å². The Morgan fingerprint density at radius 2 is 2.07 bits per heavy atom. The second-order valence-corrected chi connectivity index (χ2v) is 6.34. The minimum absolute atomic E-state index is 0.0155. The van der Waals surface area contributed by atoms with Crippen LogP contribution in [-0.4, -0.2) is 54.8 Å². The van der Waals surface area contributed by atoms with Crippen LogP contribution < -0.4 is 10.2 Å². The van der Waals surface area contributed by atoms with Gasteiger partial charge in [-0.15, -0.1) is 15.3 Å². The van der Waals surface area contributed by atoms with E-state index in [0.29, 0.717) is 23.4 Å². The van der Waals surface area contributed by atoms with E-state index < -0.39 is 12.0 Å². The van der Waals surface area contributed by atoms with Crippen molar-refractivity contribution in [3.8, 4) is 0 Å². The first-order chi connectivity index (χ1) is 13.4. The molecule has 1 N–H and O–H groups in total. The minimum Gasteiger partial charge on any atom is -0.353 e. The first-order valence-electron chi connectivity index (χ1n) is 8.53. The summed E-state index contributed by atoms with van der Waals surface area (Å²) >= 11 is 0. The molecule has 3 aromatic rings. The summed E-state index contributed by atoms with van der Waals surface area (Å²) in [6.07, 6.45) is -0.385. The van der Waals surface area contributed by atoms with Crippen LogP contribution in [0.1, 0.15) is 29.2 Å². The molecule has 1 saturated heterocycles.